The molecule has 1 aromatic carbocycles. The van der Waals surface area contributed by atoms with Gasteiger partial charge in [0.1, 0.15) is 5.82 Å². The van der Waals surface area contributed by atoms with E-state index in [1.807, 2.05) is 0 Å². The van der Waals surface area contributed by atoms with Crippen LogP contribution in [0.2, 0.25) is 5.02 Å². The lowest BCUT2D eigenvalue weighted by Crippen LogP contribution is -2.27. The van der Waals surface area contributed by atoms with E-state index in [1.54, 1.807) is 37.8 Å². The molecule has 3 aromatic heterocycles. The lowest BCUT2D eigenvalue weighted by molar-refractivity contribution is -0.129. The Hall–Kier alpha value is -3.53. The number of hydrogen-bond acceptors (Lipinski definition) is 5. The summed E-state index contributed by atoms with van der Waals surface area (Å²) in [6, 6.07) is 0. The molecule has 1 aliphatic rings. The van der Waals surface area contributed by atoms with E-state index in [0.29, 0.717) is 40.0 Å². The fourth-order valence-electron chi connectivity index (χ4n) is 3.46. The zero-order chi connectivity index (χ0) is 23.7. The number of nitrogens with one attached hydrogen (secondary N) is 2. The van der Waals surface area contributed by atoms with Gasteiger partial charge in [0.05, 0.1) is 40.7 Å². The molecule has 0 aliphatic heterocycles. The molecule has 1 unspecified atom stereocenters. The first-order chi connectivity index (χ1) is 15.8. The molecule has 0 saturated heterocycles. The molecule has 9 nitrogen and oxygen atoms in total. The van der Waals surface area contributed by atoms with Crippen LogP contribution in [0.3, 0.4) is 0 Å². The van der Waals surface area contributed by atoms with Crippen LogP contribution in [0.5, 0.6) is 0 Å². The second-order valence-corrected chi connectivity index (χ2v) is 8.39. The Morgan fingerprint density at radius 2 is 2.03 bits per heavy atom. The molecule has 0 bridgehead atoms. The number of halogens is 2. The number of aromatic nitrogens is 5. The average molecular weight is 472 g/mol. The maximum atomic E-state index is 15.4. The Balaban J connectivity index is 0.000000799. The molecule has 4 aromatic rings. The summed E-state index contributed by atoms with van der Waals surface area (Å²) in [4.78, 5) is 33.0. The van der Waals surface area contributed by atoms with Gasteiger partial charge in [0.15, 0.2) is 11.5 Å². The number of amides is 2. The zero-order valence-electron chi connectivity index (χ0n) is 18.4. The number of imidazole rings is 1. The van der Waals surface area contributed by atoms with E-state index in [0.717, 1.165) is 0 Å². The van der Waals surface area contributed by atoms with Crippen molar-refractivity contribution in [1.29, 1.82) is 0 Å². The summed E-state index contributed by atoms with van der Waals surface area (Å²) in [6.07, 6.45) is 11.2. The summed E-state index contributed by atoms with van der Waals surface area (Å²) >= 11 is 6.44. The average Bonchev–Trinajstić information content (AvgIpc) is 3.51. The monoisotopic (exact) mass is 471 g/mol. The van der Waals surface area contributed by atoms with Crippen LogP contribution in [0.25, 0.3) is 27.8 Å². The fourth-order valence-corrected chi connectivity index (χ4v) is 3.76. The van der Waals surface area contributed by atoms with Gasteiger partial charge in [-0.3, -0.25) is 19.7 Å². The number of carbonyl (C=O) groups excluding carboxylic acids is 2. The van der Waals surface area contributed by atoms with Crippen LogP contribution in [-0.4, -0.2) is 55.9 Å². The number of carbonyl (C=O) groups is 2. The predicted molar refractivity (Wildman–Crippen MR) is 124 cm³/mol. The lowest BCUT2D eigenvalue weighted by atomic mass is 9.93. The van der Waals surface area contributed by atoms with E-state index in [1.165, 1.54) is 36.6 Å². The van der Waals surface area contributed by atoms with Crippen molar-refractivity contribution >= 4 is 46.3 Å². The molecule has 172 valence electrons. The summed E-state index contributed by atoms with van der Waals surface area (Å²) < 4.78 is 17.0. The van der Waals surface area contributed by atoms with E-state index < -0.39 is 11.7 Å². The largest absolute Gasteiger partial charge is 0.348 e. The van der Waals surface area contributed by atoms with E-state index in [9.17, 15) is 9.59 Å². The van der Waals surface area contributed by atoms with Crippen LogP contribution in [0, 0.1) is 5.82 Å². The van der Waals surface area contributed by atoms with Crippen LogP contribution in [0.1, 0.15) is 37.7 Å². The molecular weight excluding hydrogens is 449 g/mol. The highest BCUT2D eigenvalue weighted by molar-refractivity contribution is 6.35. The van der Waals surface area contributed by atoms with Crippen molar-refractivity contribution in [2.24, 2.45) is 0 Å². The van der Waals surface area contributed by atoms with Crippen molar-refractivity contribution in [3.8, 4) is 11.3 Å². The van der Waals surface area contributed by atoms with E-state index >= 15 is 4.39 Å². The molecule has 11 heteroatoms. The zero-order valence-corrected chi connectivity index (χ0v) is 19.1. The molecular formula is C22H23ClFN7O2. The molecule has 3 heterocycles. The van der Waals surface area contributed by atoms with Gasteiger partial charge in [0.2, 0.25) is 12.3 Å². The number of H-pyrrole nitrogens is 1. The smallest absolute Gasteiger partial charge is 0.229 e. The van der Waals surface area contributed by atoms with Crippen LogP contribution in [-0.2, 0) is 9.59 Å². The maximum absolute atomic E-state index is 15.4. The molecule has 1 atom stereocenters. The van der Waals surface area contributed by atoms with Gasteiger partial charge in [-0.25, -0.2) is 9.37 Å². The van der Waals surface area contributed by atoms with Gasteiger partial charge in [-0.1, -0.05) is 30.9 Å². The van der Waals surface area contributed by atoms with Crippen molar-refractivity contribution in [3.63, 3.8) is 0 Å². The Labute approximate surface area is 194 Å². The molecule has 2 N–H and O–H groups in total. The highest BCUT2D eigenvalue weighted by atomic mass is 35.5. The normalized spacial score (nSPS) is 13.4. The van der Waals surface area contributed by atoms with Crippen LogP contribution in [0.15, 0.2) is 24.8 Å². The Bertz CT molecular complexity index is 1340. The molecule has 1 saturated carbocycles. The number of rotatable bonds is 5. The minimum atomic E-state index is -0.768. The first-order valence-corrected chi connectivity index (χ1v) is 10.8. The van der Waals surface area contributed by atoms with E-state index in [4.69, 9.17) is 11.6 Å². The highest BCUT2D eigenvalue weighted by Crippen LogP contribution is 2.41. The summed E-state index contributed by atoms with van der Waals surface area (Å²) in [7, 11) is 3.21. The number of fused-ring (bicyclic) bond motifs is 2. The van der Waals surface area contributed by atoms with Gasteiger partial charge < -0.3 is 14.6 Å². The number of benzene rings is 1. The molecule has 33 heavy (non-hydrogen) atoms. The SMILES string of the molecule is C1CC1.CC(C(=O)N(C)C)c1c(F)c(Cl)c(-c2cn3cc(NC=O)nc3cn2)c2cn[nH]c12. The fraction of sp³-hybridized carbons (Fsp3) is 0.318. The molecule has 1 aliphatic carbocycles. The first-order valence-electron chi connectivity index (χ1n) is 10.4. The van der Waals surface area contributed by atoms with Crippen molar-refractivity contribution < 1.29 is 14.0 Å². The summed E-state index contributed by atoms with van der Waals surface area (Å²) in [5, 5.41) is 9.66. The van der Waals surface area contributed by atoms with Crippen molar-refractivity contribution in [1.82, 2.24) is 29.5 Å². The standard InChI is InChI=1S/C19H17ClFN7O2.C3H6/c1-9(19(30)27(2)3)14-17(21)16(20)15(10-4-24-26-18(10)14)11-6-28-7-12(23-8-29)25-13(28)5-22-11;1-2-3-1/h4-9H,1-3H3,(H,23,29)(H,24,26);1-3H2. The topological polar surface area (TPSA) is 108 Å². The second kappa shape index (κ2) is 9.14. The van der Waals surface area contributed by atoms with Gasteiger partial charge in [-0.2, -0.15) is 5.10 Å². The molecule has 5 rings (SSSR count). The van der Waals surface area contributed by atoms with Gasteiger partial charge >= 0.3 is 0 Å². The number of likely N-dealkylation sites (N-methyl/N-ethyl adjacent to an activating group) is 1. The Morgan fingerprint density at radius 3 is 2.67 bits per heavy atom. The van der Waals surface area contributed by atoms with Gasteiger partial charge in [-0.15, -0.1) is 0 Å². The first kappa shape index (κ1) is 22.7. The Morgan fingerprint density at radius 1 is 1.30 bits per heavy atom. The molecule has 0 radical (unpaired) electrons. The van der Waals surface area contributed by atoms with Crippen LogP contribution < -0.4 is 5.32 Å². The summed E-state index contributed by atoms with van der Waals surface area (Å²) in [5.74, 6) is -1.39. The third kappa shape index (κ3) is 4.38. The van der Waals surface area contributed by atoms with E-state index in [2.05, 4.69) is 25.5 Å². The Kier molecular flexibility index (Phi) is 6.28. The third-order valence-corrected chi connectivity index (χ3v) is 5.58. The number of aromatic amines is 1. The highest BCUT2D eigenvalue weighted by Gasteiger charge is 2.29. The van der Waals surface area contributed by atoms with Crippen molar-refractivity contribution in [2.45, 2.75) is 32.1 Å². The van der Waals surface area contributed by atoms with Crippen LogP contribution in [0.4, 0.5) is 10.2 Å². The maximum Gasteiger partial charge on any atom is 0.229 e. The molecule has 2 amide bonds. The van der Waals surface area contributed by atoms with Gasteiger partial charge in [0, 0.05) is 36.8 Å². The van der Waals surface area contributed by atoms with Crippen molar-refractivity contribution in [2.75, 3.05) is 19.4 Å². The minimum Gasteiger partial charge on any atom is -0.348 e. The quantitative estimate of drug-likeness (QED) is 0.428. The molecule has 1 fully saturated rings. The lowest BCUT2D eigenvalue weighted by Gasteiger charge is -2.20. The third-order valence-electron chi connectivity index (χ3n) is 5.23. The number of nitrogens with zero attached hydrogens (tertiary/aromatic N) is 5. The molecule has 0 spiro atoms. The van der Waals surface area contributed by atoms with Crippen molar-refractivity contribution in [3.05, 3.63) is 41.2 Å². The number of anilines is 1. The van der Waals surface area contributed by atoms with Crippen LogP contribution >= 0.6 is 11.6 Å². The minimum absolute atomic E-state index is 0.149. The van der Waals surface area contributed by atoms with Gasteiger partial charge in [-0.05, 0) is 6.92 Å². The summed E-state index contributed by atoms with van der Waals surface area (Å²) in [6.45, 7) is 1.62. The second-order valence-electron chi connectivity index (χ2n) is 8.02. The summed E-state index contributed by atoms with van der Waals surface area (Å²) in [5.41, 5.74) is 1.74. The number of hydrogen-bond donors (Lipinski definition) is 2. The van der Waals surface area contributed by atoms with Gasteiger partial charge in [0.25, 0.3) is 0 Å². The van der Waals surface area contributed by atoms with E-state index in [-0.39, 0.29) is 16.5 Å². The predicted octanol–water partition coefficient (Wildman–Crippen LogP) is 4.00.